The van der Waals surface area contributed by atoms with Crippen LogP contribution in [-0.2, 0) is 17.7 Å². The topological polar surface area (TPSA) is 100 Å². The summed E-state index contributed by atoms with van der Waals surface area (Å²) in [5, 5.41) is 14.8. The Bertz CT molecular complexity index is 965. The van der Waals surface area contributed by atoms with Crippen molar-refractivity contribution in [2.24, 2.45) is 0 Å². The number of fused-ring (bicyclic) bond motifs is 1. The van der Waals surface area contributed by atoms with Gasteiger partial charge in [-0.25, -0.2) is 9.59 Å². The molecule has 7 nitrogen and oxygen atoms in total. The SMILES string of the molecule is COC(=O)c1cccc2c1CCCC2NC(=O)NCc1ccc(C#N)cc1OC. The minimum absolute atomic E-state index is 0.175. The number of nitrogens with one attached hydrogen (secondary N) is 2. The molecule has 0 radical (unpaired) electrons. The number of carbonyl (C=O) groups excluding carboxylic acids is 2. The van der Waals surface area contributed by atoms with Crippen LogP contribution < -0.4 is 15.4 Å². The number of nitriles is 1. The molecule has 1 atom stereocenters. The number of urea groups is 1. The van der Waals surface area contributed by atoms with E-state index in [0.717, 1.165) is 36.0 Å². The molecule has 150 valence electrons. The molecule has 7 heteroatoms. The summed E-state index contributed by atoms with van der Waals surface area (Å²) in [6.07, 6.45) is 2.45. The van der Waals surface area contributed by atoms with Crippen LogP contribution in [0.25, 0.3) is 0 Å². The van der Waals surface area contributed by atoms with E-state index in [2.05, 4.69) is 16.7 Å². The summed E-state index contributed by atoms with van der Waals surface area (Å²) in [6.45, 7) is 0.266. The molecule has 0 heterocycles. The van der Waals surface area contributed by atoms with Crippen molar-refractivity contribution in [2.45, 2.75) is 31.8 Å². The third kappa shape index (κ3) is 4.49. The second-order valence-corrected chi connectivity index (χ2v) is 6.78. The Morgan fingerprint density at radius 2 is 2.07 bits per heavy atom. The van der Waals surface area contributed by atoms with E-state index in [1.807, 2.05) is 12.1 Å². The van der Waals surface area contributed by atoms with Crippen LogP contribution >= 0.6 is 0 Å². The molecular weight excluding hydrogens is 370 g/mol. The molecule has 1 unspecified atom stereocenters. The van der Waals surface area contributed by atoms with E-state index in [9.17, 15) is 9.59 Å². The van der Waals surface area contributed by atoms with Crippen molar-refractivity contribution in [3.63, 3.8) is 0 Å². The van der Waals surface area contributed by atoms with Gasteiger partial charge >= 0.3 is 12.0 Å². The maximum Gasteiger partial charge on any atom is 0.338 e. The molecule has 0 saturated heterocycles. The lowest BCUT2D eigenvalue weighted by molar-refractivity contribution is 0.0599. The molecule has 0 spiro atoms. The Hall–Kier alpha value is -3.53. The highest BCUT2D eigenvalue weighted by molar-refractivity contribution is 5.91. The number of ether oxygens (including phenoxy) is 2. The summed E-state index contributed by atoms with van der Waals surface area (Å²) in [5.41, 5.74) is 3.71. The molecule has 0 aromatic heterocycles. The minimum Gasteiger partial charge on any atom is -0.496 e. The van der Waals surface area contributed by atoms with Crippen LogP contribution in [0.5, 0.6) is 5.75 Å². The minimum atomic E-state index is -0.361. The molecular formula is C22H23N3O4. The van der Waals surface area contributed by atoms with Crippen molar-refractivity contribution >= 4 is 12.0 Å². The normalized spacial score (nSPS) is 14.9. The molecule has 0 saturated carbocycles. The number of hydrogen-bond donors (Lipinski definition) is 2. The molecule has 2 amide bonds. The van der Waals surface area contributed by atoms with Crippen LogP contribution in [0, 0.1) is 11.3 Å². The van der Waals surface area contributed by atoms with Crippen molar-refractivity contribution in [2.75, 3.05) is 14.2 Å². The van der Waals surface area contributed by atoms with Gasteiger partial charge in [0.05, 0.1) is 37.5 Å². The van der Waals surface area contributed by atoms with E-state index < -0.39 is 0 Å². The Balaban J connectivity index is 1.69. The number of benzene rings is 2. The van der Waals surface area contributed by atoms with Crippen LogP contribution in [0.1, 0.15) is 51.5 Å². The highest BCUT2D eigenvalue weighted by Gasteiger charge is 2.25. The molecule has 0 aliphatic heterocycles. The first-order chi connectivity index (χ1) is 14.1. The van der Waals surface area contributed by atoms with E-state index in [0.29, 0.717) is 16.9 Å². The monoisotopic (exact) mass is 393 g/mol. The van der Waals surface area contributed by atoms with Gasteiger partial charge in [-0.1, -0.05) is 18.2 Å². The number of esters is 1. The standard InChI is InChI=1S/C22H23N3O4/c1-28-20-11-14(12-23)9-10-15(20)13-24-22(27)25-19-8-4-5-16-17(19)6-3-7-18(16)21(26)29-2/h3,6-7,9-11,19H,4-5,8,13H2,1-2H3,(H2,24,25,27). The van der Waals surface area contributed by atoms with Gasteiger partial charge < -0.3 is 20.1 Å². The predicted octanol–water partition coefficient (Wildman–Crippen LogP) is 3.23. The van der Waals surface area contributed by atoms with E-state index in [4.69, 9.17) is 14.7 Å². The Kier molecular flexibility index (Phi) is 6.35. The zero-order valence-corrected chi connectivity index (χ0v) is 16.5. The van der Waals surface area contributed by atoms with Gasteiger partial charge in [-0.2, -0.15) is 5.26 Å². The molecule has 2 aromatic carbocycles. The first kappa shape index (κ1) is 20.2. The van der Waals surface area contributed by atoms with E-state index >= 15 is 0 Å². The molecule has 3 rings (SSSR count). The molecule has 1 aliphatic rings. The second-order valence-electron chi connectivity index (χ2n) is 6.78. The smallest absolute Gasteiger partial charge is 0.338 e. The number of amides is 2. The average molecular weight is 393 g/mol. The molecule has 29 heavy (non-hydrogen) atoms. The van der Waals surface area contributed by atoms with Gasteiger partial charge in [0.25, 0.3) is 0 Å². The highest BCUT2D eigenvalue weighted by atomic mass is 16.5. The summed E-state index contributed by atoms with van der Waals surface area (Å²) < 4.78 is 10.2. The summed E-state index contributed by atoms with van der Waals surface area (Å²) in [5.74, 6) is 0.190. The Labute approximate surface area is 169 Å². The zero-order valence-electron chi connectivity index (χ0n) is 16.5. The van der Waals surface area contributed by atoms with Crippen molar-refractivity contribution < 1.29 is 19.1 Å². The Morgan fingerprint density at radius 3 is 2.79 bits per heavy atom. The molecule has 2 N–H and O–H groups in total. The number of methoxy groups -OCH3 is 2. The first-order valence-corrected chi connectivity index (χ1v) is 9.38. The number of hydrogen-bond acceptors (Lipinski definition) is 5. The van der Waals surface area contributed by atoms with Crippen molar-refractivity contribution in [3.05, 3.63) is 64.2 Å². The van der Waals surface area contributed by atoms with Crippen LogP contribution in [-0.4, -0.2) is 26.2 Å². The van der Waals surface area contributed by atoms with Crippen molar-refractivity contribution in [3.8, 4) is 11.8 Å². The molecule has 2 aromatic rings. The van der Waals surface area contributed by atoms with Gasteiger partial charge in [0.15, 0.2) is 0 Å². The summed E-state index contributed by atoms with van der Waals surface area (Å²) in [7, 11) is 2.89. The molecule has 0 bridgehead atoms. The van der Waals surface area contributed by atoms with Crippen LogP contribution in [0.2, 0.25) is 0 Å². The van der Waals surface area contributed by atoms with E-state index in [1.54, 1.807) is 24.3 Å². The van der Waals surface area contributed by atoms with Gasteiger partial charge in [0.2, 0.25) is 0 Å². The lowest BCUT2D eigenvalue weighted by atomic mass is 9.85. The van der Waals surface area contributed by atoms with E-state index in [1.165, 1.54) is 14.2 Å². The number of rotatable bonds is 5. The largest absolute Gasteiger partial charge is 0.496 e. The van der Waals surface area contributed by atoms with Gasteiger partial charge in [-0.05, 0) is 48.6 Å². The average Bonchev–Trinajstić information content (AvgIpc) is 2.76. The summed E-state index contributed by atoms with van der Waals surface area (Å²) >= 11 is 0. The maximum absolute atomic E-state index is 12.5. The van der Waals surface area contributed by atoms with Gasteiger partial charge in [0.1, 0.15) is 5.75 Å². The van der Waals surface area contributed by atoms with Crippen LogP contribution in [0.4, 0.5) is 4.79 Å². The first-order valence-electron chi connectivity index (χ1n) is 9.38. The second kappa shape index (κ2) is 9.11. The number of carbonyl (C=O) groups is 2. The lowest BCUT2D eigenvalue weighted by Crippen LogP contribution is -2.39. The third-order valence-electron chi connectivity index (χ3n) is 5.07. The summed E-state index contributed by atoms with van der Waals surface area (Å²) in [6, 6.07) is 12.2. The third-order valence-corrected chi connectivity index (χ3v) is 5.07. The van der Waals surface area contributed by atoms with Gasteiger partial charge in [-0.15, -0.1) is 0 Å². The van der Waals surface area contributed by atoms with Crippen LogP contribution in [0.15, 0.2) is 36.4 Å². The van der Waals surface area contributed by atoms with Gasteiger partial charge in [-0.3, -0.25) is 0 Å². The maximum atomic E-state index is 12.5. The molecule has 1 aliphatic carbocycles. The van der Waals surface area contributed by atoms with Crippen molar-refractivity contribution in [1.82, 2.24) is 10.6 Å². The quantitative estimate of drug-likeness (QED) is 0.760. The number of nitrogens with zero attached hydrogens (tertiary/aromatic N) is 1. The zero-order chi connectivity index (χ0) is 20.8. The lowest BCUT2D eigenvalue weighted by Gasteiger charge is -2.27. The molecule has 0 fully saturated rings. The Morgan fingerprint density at radius 1 is 1.24 bits per heavy atom. The summed E-state index contributed by atoms with van der Waals surface area (Å²) in [4.78, 5) is 24.5. The van der Waals surface area contributed by atoms with Crippen molar-refractivity contribution in [1.29, 1.82) is 5.26 Å². The fraction of sp³-hybridized carbons (Fsp3) is 0.318. The highest BCUT2D eigenvalue weighted by Crippen LogP contribution is 2.32. The predicted molar refractivity (Wildman–Crippen MR) is 107 cm³/mol. The van der Waals surface area contributed by atoms with Gasteiger partial charge in [0, 0.05) is 12.1 Å². The van der Waals surface area contributed by atoms with E-state index in [-0.39, 0.29) is 24.6 Å². The fourth-order valence-corrected chi connectivity index (χ4v) is 3.64. The fourth-order valence-electron chi connectivity index (χ4n) is 3.64. The van der Waals surface area contributed by atoms with Crippen LogP contribution in [0.3, 0.4) is 0 Å².